The monoisotopic (exact) mass is 399 g/mol. The van der Waals surface area contributed by atoms with Crippen LogP contribution in [0.2, 0.25) is 0 Å². The highest BCUT2D eigenvalue weighted by Crippen LogP contribution is 2.52. The van der Waals surface area contributed by atoms with Crippen LogP contribution in [0.5, 0.6) is 11.5 Å². The molecule has 150 valence electrons. The molecule has 0 spiro atoms. The molecule has 1 aromatic rings. The maximum atomic E-state index is 12.6. The fourth-order valence-corrected chi connectivity index (χ4v) is 4.34. The van der Waals surface area contributed by atoms with Crippen LogP contribution >= 0.6 is 0 Å². The number of benzene rings is 1. The Bertz CT molecular complexity index is 970. The van der Waals surface area contributed by atoms with Gasteiger partial charge in [-0.2, -0.15) is 10.1 Å². The molecule has 0 N–H and O–H groups in total. The van der Waals surface area contributed by atoms with Crippen LogP contribution < -0.4 is 9.47 Å². The van der Waals surface area contributed by atoms with Gasteiger partial charge in [-0.15, -0.1) is 0 Å². The Morgan fingerprint density at radius 3 is 2.38 bits per heavy atom. The molecule has 2 amide bonds. The van der Waals surface area contributed by atoms with Crippen molar-refractivity contribution in [2.75, 3.05) is 7.11 Å². The van der Waals surface area contributed by atoms with Crippen molar-refractivity contribution in [2.45, 2.75) is 13.3 Å². The molecule has 4 rings (SSSR count). The van der Waals surface area contributed by atoms with Crippen LogP contribution in [0.4, 0.5) is 5.69 Å². The first-order valence-electron chi connectivity index (χ1n) is 8.96. The van der Waals surface area contributed by atoms with Gasteiger partial charge in [0.1, 0.15) is 0 Å². The third-order valence-electron chi connectivity index (χ3n) is 5.49. The third-order valence-corrected chi connectivity index (χ3v) is 5.49. The second kappa shape index (κ2) is 6.80. The van der Waals surface area contributed by atoms with Crippen LogP contribution in [0.3, 0.4) is 0 Å². The van der Waals surface area contributed by atoms with Crippen LogP contribution in [0.15, 0.2) is 29.4 Å². The predicted octanol–water partition coefficient (Wildman–Crippen LogP) is 1.67. The molecule has 2 bridgehead atoms. The molecule has 10 heteroatoms. The van der Waals surface area contributed by atoms with Crippen molar-refractivity contribution in [3.63, 3.8) is 0 Å². The summed E-state index contributed by atoms with van der Waals surface area (Å²) in [5, 5.41) is 16.2. The van der Waals surface area contributed by atoms with Crippen molar-refractivity contribution >= 4 is 29.7 Å². The van der Waals surface area contributed by atoms with Gasteiger partial charge in [-0.3, -0.25) is 24.5 Å². The number of nitrogens with zero attached hydrogens (tertiary/aromatic N) is 3. The Hall–Kier alpha value is -3.56. The Kier molecular flexibility index (Phi) is 4.40. The second-order valence-corrected chi connectivity index (χ2v) is 7.15. The van der Waals surface area contributed by atoms with Crippen LogP contribution in [-0.4, -0.2) is 41.0 Å². The van der Waals surface area contributed by atoms with E-state index in [2.05, 4.69) is 5.10 Å². The zero-order chi connectivity index (χ0) is 20.9. The van der Waals surface area contributed by atoms with Crippen LogP contribution in [0, 0.1) is 33.8 Å². The molecule has 4 unspecified atom stereocenters. The summed E-state index contributed by atoms with van der Waals surface area (Å²) >= 11 is 0. The number of esters is 1. The molecular formula is C19H17N3O7. The number of allylic oxidation sites excluding steroid dienone is 2. The van der Waals surface area contributed by atoms with E-state index in [1.807, 2.05) is 12.2 Å². The minimum atomic E-state index is -0.740. The number of fused-ring (bicyclic) bond motifs is 5. The smallest absolute Gasteiger partial charge is 0.316 e. The fraction of sp³-hybridized carbons (Fsp3) is 0.368. The Morgan fingerprint density at radius 1 is 1.24 bits per heavy atom. The molecule has 2 fully saturated rings. The first-order valence-corrected chi connectivity index (χ1v) is 8.96. The average molecular weight is 399 g/mol. The highest BCUT2D eigenvalue weighted by Gasteiger charge is 2.59. The summed E-state index contributed by atoms with van der Waals surface area (Å²) in [5.41, 5.74) is -0.289. The summed E-state index contributed by atoms with van der Waals surface area (Å²) in [5.74, 6) is -2.47. The van der Waals surface area contributed by atoms with Crippen molar-refractivity contribution in [3.8, 4) is 11.5 Å². The molecule has 2 aliphatic carbocycles. The number of rotatable bonds is 5. The summed E-state index contributed by atoms with van der Waals surface area (Å²) in [6, 6.07) is 2.49. The Balaban J connectivity index is 1.64. The normalized spacial score (nSPS) is 27.0. The van der Waals surface area contributed by atoms with E-state index in [4.69, 9.17) is 9.47 Å². The van der Waals surface area contributed by atoms with Gasteiger partial charge in [0.05, 0.1) is 30.1 Å². The zero-order valence-electron chi connectivity index (χ0n) is 15.6. The van der Waals surface area contributed by atoms with Gasteiger partial charge in [0.15, 0.2) is 5.75 Å². The number of hydrogen-bond donors (Lipinski definition) is 0. The van der Waals surface area contributed by atoms with Gasteiger partial charge in [0.25, 0.3) is 11.8 Å². The van der Waals surface area contributed by atoms with Crippen molar-refractivity contribution in [3.05, 3.63) is 40.0 Å². The van der Waals surface area contributed by atoms with E-state index < -0.39 is 16.6 Å². The van der Waals surface area contributed by atoms with Crippen molar-refractivity contribution in [1.82, 2.24) is 5.01 Å². The zero-order valence-corrected chi connectivity index (χ0v) is 15.6. The summed E-state index contributed by atoms with van der Waals surface area (Å²) in [6.07, 6.45) is 5.95. The molecule has 1 saturated carbocycles. The molecule has 0 radical (unpaired) electrons. The minimum absolute atomic E-state index is 0.0472. The van der Waals surface area contributed by atoms with E-state index >= 15 is 0 Å². The molecule has 1 aliphatic heterocycles. The summed E-state index contributed by atoms with van der Waals surface area (Å²) < 4.78 is 9.99. The third kappa shape index (κ3) is 2.96. The lowest BCUT2D eigenvalue weighted by atomic mass is 9.85. The Labute approximate surface area is 164 Å². The second-order valence-electron chi connectivity index (χ2n) is 7.15. The number of imide groups is 1. The quantitative estimate of drug-likeness (QED) is 0.140. The summed E-state index contributed by atoms with van der Waals surface area (Å²) in [7, 11) is 1.27. The SMILES string of the molecule is COc1cc(C=NN2C(=O)C3C4C=CC(C4)C3C2=O)cc([N+](=O)[O-])c1OC(C)=O. The minimum Gasteiger partial charge on any atom is -0.493 e. The van der Waals surface area contributed by atoms with E-state index in [1.165, 1.54) is 19.4 Å². The molecule has 1 saturated heterocycles. The lowest BCUT2D eigenvalue weighted by molar-refractivity contribution is -0.385. The van der Waals surface area contributed by atoms with E-state index in [1.54, 1.807) is 0 Å². The molecule has 4 atom stereocenters. The van der Waals surface area contributed by atoms with Crippen LogP contribution in [0.1, 0.15) is 18.9 Å². The number of carbonyl (C=O) groups is 3. The van der Waals surface area contributed by atoms with Crippen molar-refractivity contribution < 1.29 is 28.8 Å². The van der Waals surface area contributed by atoms with E-state index in [-0.39, 0.29) is 52.5 Å². The highest BCUT2D eigenvalue weighted by molar-refractivity contribution is 6.06. The maximum absolute atomic E-state index is 12.6. The number of nitro benzene ring substituents is 1. The van der Waals surface area contributed by atoms with Gasteiger partial charge in [-0.25, -0.2) is 0 Å². The van der Waals surface area contributed by atoms with Crippen molar-refractivity contribution in [1.29, 1.82) is 0 Å². The first-order chi connectivity index (χ1) is 13.8. The molecule has 0 aromatic heterocycles. The lowest BCUT2D eigenvalue weighted by Gasteiger charge is -2.13. The van der Waals surface area contributed by atoms with Crippen molar-refractivity contribution in [2.24, 2.45) is 28.8 Å². The average Bonchev–Trinajstić information content (AvgIpc) is 3.34. The maximum Gasteiger partial charge on any atom is 0.316 e. The van der Waals surface area contributed by atoms with E-state index in [9.17, 15) is 24.5 Å². The predicted molar refractivity (Wildman–Crippen MR) is 98.1 cm³/mol. The number of carbonyl (C=O) groups excluding carboxylic acids is 3. The standard InChI is InChI=1S/C19H17N3O7/c1-9(23)29-17-13(22(26)27)5-10(6-14(17)28-2)8-20-21-18(24)15-11-3-4-12(7-11)16(15)19(21)25/h3-6,8,11-12,15-16H,7H2,1-2H3. The number of nitro groups is 1. The van der Waals surface area contributed by atoms with Gasteiger partial charge in [0, 0.05) is 18.6 Å². The molecule has 1 aromatic carbocycles. The van der Waals surface area contributed by atoms with Gasteiger partial charge in [-0.1, -0.05) is 12.2 Å². The molecule has 10 nitrogen and oxygen atoms in total. The van der Waals surface area contributed by atoms with E-state index in [0.29, 0.717) is 0 Å². The lowest BCUT2D eigenvalue weighted by Crippen LogP contribution is -2.28. The summed E-state index contributed by atoms with van der Waals surface area (Å²) in [6.45, 7) is 1.11. The van der Waals surface area contributed by atoms with Gasteiger partial charge >= 0.3 is 11.7 Å². The fourth-order valence-electron chi connectivity index (χ4n) is 4.34. The number of amides is 2. The Morgan fingerprint density at radius 2 is 1.86 bits per heavy atom. The molecule has 3 aliphatic rings. The topological polar surface area (TPSA) is 128 Å². The number of hydrogen-bond acceptors (Lipinski definition) is 8. The largest absolute Gasteiger partial charge is 0.493 e. The molecular weight excluding hydrogens is 382 g/mol. The highest BCUT2D eigenvalue weighted by atomic mass is 16.6. The molecule has 29 heavy (non-hydrogen) atoms. The number of ether oxygens (including phenoxy) is 2. The number of methoxy groups -OCH3 is 1. The molecule has 1 heterocycles. The van der Waals surface area contributed by atoms with Crippen LogP contribution in [-0.2, 0) is 14.4 Å². The van der Waals surface area contributed by atoms with Crippen LogP contribution in [0.25, 0.3) is 0 Å². The first kappa shape index (κ1) is 18.8. The van der Waals surface area contributed by atoms with Gasteiger partial charge in [0.2, 0.25) is 5.75 Å². The summed E-state index contributed by atoms with van der Waals surface area (Å²) in [4.78, 5) is 47.2. The number of hydrazone groups is 1. The van der Waals surface area contributed by atoms with Gasteiger partial charge in [-0.05, 0) is 24.3 Å². The van der Waals surface area contributed by atoms with Gasteiger partial charge < -0.3 is 9.47 Å². The van der Waals surface area contributed by atoms with E-state index in [0.717, 1.165) is 24.4 Å².